The molecule has 3 nitrogen and oxygen atoms in total. The molecule has 1 aromatic rings. The Balaban J connectivity index is 1.73. The van der Waals surface area contributed by atoms with Crippen molar-refractivity contribution in [2.24, 2.45) is 16.7 Å². The Hall–Kier alpha value is -1.25. The molecule has 2 aliphatic carbocycles. The summed E-state index contributed by atoms with van der Waals surface area (Å²) in [5.74, 6) is 1.57. The predicted octanol–water partition coefficient (Wildman–Crippen LogP) is 4.11. The molecule has 3 atom stereocenters. The molecule has 0 radical (unpaired) electrons. The fourth-order valence-corrected chi connectivity index (χ4v) is 4.32. The van der Waals surface area contributed by atoms with Crippen LogP contribution < -0.4 is 10.1 Å². The Morgan fingerprint density at radius 1 is 1.35 bits per heavy atom. The van der Waals surface area contributed by atoms with Gasteiger partial charge >= 0.3 is 0 Å². The summed E-state index contributed by atoms with van der Waals surface area (Å²) in [5.41, 5.74) is 1.96. The number of pyridine rings is 1. The number of ether oxygens (including phenoxy) is 1. The zero-order valence-corrected chi connectivity index (χ0v) is 13.1. The second kappa shape index (κ2) is 4.64. The largest absolute Gasteiger partial charge is 0.478 e. The average molecular weight is 274 g/mol. The molecule has 0 spiro atoms. The zero-order chi connectivity index (χ0) is 14.4. The standard InChI is InChI=1S/C17H26N2O/c1-5-20-15-7-6-13(11-18-15)19-14-10-12-8-9-17(14,4)16(12,2)3/h6-7,11-12,14,19H,5,8-10H2,1-4H3. The number of aromatic nitrogens is 1. The molecule has 0 saturated heterocycles. The quantitative estimate of drug-likeness (QED) is 0.897. The minimum Gasteiger partial charge on any atom is -0.478 e. The highest BCUT2D eigenvalue weighted by molar-refractivity contribution is 5.44. The Kier molecular flexibility index (Phi) is 3.19. The first-order chi connectivity index (χ1) is 9.47. The number of nitrogens with one attached hydrogen (secondary N) is 1. The Morgan fingerprint density at radius 3 is 2.65 bits per heavy atom. The second-order valence-corrected chi connectivity index (χ2v) is 7.13. The first-order valence-electron chi connectivity index (χ1n) is 7.83. The third-order valence-corrected chi connectivity index (χ3v) is 6.16. The molecule has 1 aromatic heterocycles. The van der Waals surface area contributed by atoms with E-state index < -0.39 is 0 Å². The van der Waals surface area contributed by atoms with Crippen molar-refractivity contribution in [2.75, 3.05) is 11.9 Å². The van der Waals surface area contributed by atoms with Crippen LogP contribution in [0.4, 0.5) is 5.69 Å². The molecule has 3 heteroatoms. The SMILES string of the molecule is CCOc1ccc(NC2CC3CCC2(C)C3(C)C)cn1. The fraction of sp³-hybridized carbons (Fsp3) is 0.706. The predicted molar refractivity (Wildman–Crippen MR) is 82.0 cm³/mol. The van der Waals surface area contributed by atoms with Crippen LogP contribution in [0, 0.1) is 16.7 Å². The van der Waals surface area contributed by atoms with Crippen molar-refractivity contribution in [3.8, 4) is 5.88 Å². The van der Waals surface area contributed by atoms with Crippen LogP contribution in [0.2, 0.25) is 0 Å². The normalized spacial score (nSPS) is 34.2. The molecule has 2 aliphatic rings. The number of rotatable bonds is 4. The van der Waals surface area contributed by atoms with Crippen molar-refractivity contribution in [3.05, 3.63) is 18.3 Å². The lowest BCUT2D eigenvalue weighted by atomic mass is 9.69. The topological polar surface area (TPSA) is 34.1 Å². The van der Waals surface area contributed by atoms with E-state index in [1.807, 2.05) is 19.2 Å². The molecule has 2 bridgehead atoms. The first kappa shape index (κ1) is 13.7. The lowest BCUT2D eigenvalue weighted by molar-refractivity contribution is 0.142. The Morgan fingerprint density at radius 2 is 2.15 bits per heavy atom. The summed E-state index contributed by atoms with van der Waals surface area (Å²) in [5, 5.41) is 3.72. The van der Waals surface area contributed by atoms with E-state index >= 15 is 0 Å². The number of anilines is 1. The van der Waals surface area contributed by atoms with E-state index in [4.69, 9.17) is 4.74 Å². The summed E-state index contributed by atoms with van der Waals surface area (Å²) < 4.78 is 5.39. The van der Waals surface area contributed by atoms with Crippen LogP contribution in [-0.4, -0.2) is 17.6 Å². The summed E-state index contributed by atoms with van der Waals surface area (Å²) in [6, 6.07) is 4.60. The molecule has 1 N–H and O–H groups in total. The maximum atomic E-state index is 5.39. The smallest absolute Gasteiger partial charge is 0.213 e. The summed E-state index contributed by atoms with van der Waals surface area (Å²) in [7, 11) is 0. The van der Waals surface area contributed by atoms with Gasteiger partial charge in [-0.15, -0.1) is 0 Å². The van der Waals surface area contributed by atoms with Crippen LogP contribution in [0.3, 0.4) is 0 Å². The van der Waals surface area contributed by atoms with E-state index in [2.05, 4.69) is 37.1 Å². The third-order valence-electron chi connectivity index (χ3n) is 6.16. The number of hydrogen-bond acceptors (Lipinski definition) is 3. The molecule has 20 heavy (non-hydrogen) atoms. The molecule has 0 aliphatic heterocycles. The van der Waals surface area contributed by atoms with Crippen LogP contribution in [0.15, 0.2) is 18.3 Å². The van der Waals surface area contributed by atoms with Crippen LogP contribution in [0.25, 0.3) is 0 Å². The van der Waals surface area contributed by atoms with Gasteiger partial charge in [0.05, 0.1) is 18.5 Å². The fourth-order valence-electron chi connectivity index (χ4n) is 4.32. The van der Waals surface area contributed by atoms with Gasteiger partial charge in [0, 0.05) is 12.1 Å². The third kappa shape index (κ3) is 1.90. The molecule has 1 heterocycles. The van der Waals surface area contributed by atoms with Gasteiger partial charge in [-0.05, 0) is 49.0 Å². The molecule has 0 amide bonds. The molecular weight excluding hydrogens is 248 g/mol. The van der Waals surface area contributed by atoms with E-state index in [0.29, 0.717) is 29.4 Å². The Labute approximate surface area is 122 Å². The number of fused-ring (bicyclic) bond motifs is 2. The monoisotopic (exact) mass is 274 g/mol. The molecule has 2 fully saturated rings. The van der Waals surface area contributed by atoms with Gasteiger partial charge < -0.3 is 10.1 Å². The van der Waals surface area contributed by atoms with Gasteiger partial charge in [-0.1, -0.05) is 20.8 Å². The van der Waals surface area contributed by atoms with Crippen molar-refractivity contribution in [3.63, 3.8) is 0 Å². The molecule has 2 saturated carbocycles. The lowest BCUT2D eigenvalue weighted by Crippen LogP contribution is -2.40. The van der Waals surface area contributed by atoms with Gasteiger partial charge in [0.1, 0.15) is 0 Å². The first-order valence-corrected chi connectivity index (χ1v) is 7.83. The lowest BCUT2D eigenvalue weighted by Gasteiger charge is -2.39. The van der Waals surface area contributed by atoms with Crippen LogP contribution in [0.5, 0.6) is 5.88 Å². The van der Waals surface area contributed by atoms with Crippen molar-refractivity contribution >= 4 is 5.69 Å². The molecular formula is C17H26N2O. The van der Waals surface area contributed by atoms with Gasteiger partial charge in [-0.3, -0.25) is 0 Å². The minimum atomic E-state index is 0.399. The summed E-state index contributed by atoms with van der Waals surface area (Å²) in [4.78, 5) is 4.35. The van der Waals surface area contributed by atoms with Crippen molar-refractivity contribution in [2.45, 2.75) is 53.0 Å². The van der Waals surface area contributed by atoms with Gasteiger partial charge in [-0.2, -0.15) is 0 Å². The average Bonchev–Trinajstić information content (AvgIpc) is 2.74. The van der Waals surface area contributed by atoms with Crippen molar-refractivity contribution in [1.29, 1.82) is 0 Å². The van der Waals surface area contributed by atoms with Crippen LogP contribution >= 0.6 is 0 Å². The van der Waals surface area contributed by atoms with Crippen molar-refractivity contribution in [1.82, 2.24) is 4.98 Å². The zero-order valence-electron chi connectivity index (χ0n) is 13.1. The highest BCUT2D eigenvalue weighted by Gasteiger charge is 2.61. The van der Waals surface area contributed by atoms with Gasteiger partial charge in [0.15, 0.2) is 0 Å². The van der Waals surface area contributed by atoms with Gasteiger partial charge in [0.2, 0.25) is 5.88 Å². The number of nitrogens with zero attached hydrogens (tertiary/aromatic N) is 1. The second-order valence-electron chi connectivity index (χ2n) is 7.13. The minimum absolute atomic E-state index is 0.399. The maximum Gasteiger partial charge on any atom is 0.213 e. The van der Waals surface area contributed by atoms with Gasteiger partial charge in [-0.25, -0.2) is 4.98 Å². The molecule has 110 valence electrons. The number of hydrogen-bond donors (Lipinski definition) is 1. The molecule has 3 unspecified atom stereocenters. The van der Waals surface area contributed by atoms with E-state index in [1.165, 1.54) is 19.3 Å². The highest BCUT2D eigenvalue weighted by atomic mass is 16.5. The maximum absolute atomic E-state index is 5.39. The summed E-state index contributed by atoms with van der Waals surface area (Å²) in [6.45, 7) is 9.99. The molecule has 3 rings (SSSR count). The van der Waals surface area contributed by atoms with Gasteiger partial charge in [0.25, 0.3) is 0 Å². The van der Waals surface area contributed by atoms with Crippen LogP contribution in [0.1, 0.15) is 47.0 Å². The summed E-state index contributed by atoms with van der Waals surface area (Å²) in [6.07, 6.45) is 5.92. The van der Waals surface area contributed by atoms with Crippen LogP contribution in [-0.2, 0) is 0 Å². The van der Waals surface area contributed by atoms with E-state index in [-0.39, 0.29) is 0 Å². The van der Waals surface area contributed by atoms with E-state index in [0.717, 1.165) is 11.6 Å². The van der Waals surface area contributed by atoms with E-state index in [9.17, 15) is 0 Å². The highest BCUT2D eigenvalue weighted by Crippen LogP contribution is 2.65. The van der Waals surface area contributed by atoms with Crippen molar-refractivity contribution < 1.29 is 4.74 Å². The van der Waals surface area contributed by atoms with E-state index in [1.54, 1.807) is 0 Å². The molecule has 0 aromatic carbocycles. The Bertz CT molecular complexity index is 482. The summed E-state index contributed by atoms with van der Waals surface area (Å²) >= 11 is 0.